The molecule has 1 fully saturated rings. The average molecular weight is 508 g/mol. The number of nitrogens with one attached hydrogen (secondary N) is 2. The van der Waals surface area contributed by atoms with E-state index in [9.17, 15) is 4.79 Å². The van der Waals surface area contributed by atoms with Crippen LogP contribution in [-0.4, -0.2) is 68.7 Å². The number of amides is 1. The Morgan fingerprint density at radius 2 is 2.00 bits per heavy atom. The minimum atomic E-state index is -0.727. The fourth-order valence-corrected chi connectivity index (χ4v) is 4.43. The number of halogens is 1. The lowest BCUT2D eigenvalue weighted by molar-refractivity contribution is 0.0342. The predicted molar refractivity (Wildman–Crippen MR) is 138 cm³/mol. The molecule has 11 nitrogen and oxygen atoms in total. The number of anilines is 3. The first kappa shape index (κ1) is 23.9. The van der Waals surface area contributed by atoms with Crippen LogP contribution in [0.4, 0.5) is 17.3 Å². The van der Waals surface area contributed by atoms with Gasteiger partial charge in [0.25, 0.3) is 5.91 Å². The van der Waals surface area contributed by atoms with Crippen molar-refractivity contribution in [3.63, 3.8) is 0 Å². The summed E-state index contributed by atoms with van der Waals surface area (Å²) in [7, 11) is 3.60. The molecule has 4 aromatic rings. The number of pyridine rings is 1. The van der Waals surface area contributed by atoms with E-state index in [-0.39, 0.29) is 11.5 Å². The summed E-state index contributed by atoms with van der Waals surface area (Å²) in [6.07, 6.45) is 5.05. The summed E-state index contributed by atoms with van der Waals surface area (Å²) in [5.74, 6) is -0.0998. The molecule has 4 N–H and O–H groups in total. The molecule has 5 rings (SSSR count). The van der Waals surface area contributed by atoms with E-state index in [4.69, 9.17) is 22.1 Å². The summed E-state index contributed by atoms with van der Waals surface area (Å²) in [5.41, 5.74) is 9.90. The number of carbonyl (C=O) groups excluding carboxylic acids is 1. The second-order valence-corrected chi connectivity index (χ2v) is 8.88. The van der Waals surface area contributed by atoms with Gasteiger partial charge in [-0.2, -0.15) is 0 Å². The van der Waals surface area contributed by atoms with Gasteiger partial charge >= 0.3 is 0 Å². The van der Waals surface area contributed by atoms with Crippen LogP contribution in [-0.2, 0) is 18.3 Å². The van der Waals surface area contributed by atoms with Crippen molar-refractivity contribution in [2.45, 2.75) is 6.54 Å². The maximum Gasteiger partial charge on any atom is 0.271 e. The number of morpholine rings is 1. The first-order valence-corrected chi connectivity index (χ1v) is 11.8. The Morgan fingerprint density at radius 3 is 2.72 bits per heavy atom. The lowest BCUT2D eigenvalue weighted by Crippen LogP contribution is -2.35. The zero-order chi connectivity index (χ0) is 25.2. The van der Waals surface area contributed by atoms with Crippen molar-refractivity contribution < 1.29 is 9.53 Å². The third kappa shape index (κ3) is 4.68. The molecule has 0 saturated carbocycles. The standard InChI is InChI=1S/C24H26ClN9O2/c1-27-23-20(15-10-28-11-18-19(15)29-13-33(18)2)31-21(22(26)35)24(32-23)30-17-4-3-14(9-16(17)25)12-34-5-7-36-8-6-34/h3-4,9-11,13H,5-8,12H2,1-2H3,(H2,26,35)(H2,27,30,32). The third-order valence-electron chi connectivity index (χ3n) is 6.06. The van der Waals surface area contributed by atoms with E-state index in [0.717, 1.165) is 43.9 Å². The lowest BCUT2D eigenvalue weighted by Gasteiger charge is -2.26. The summed E-state index contributed by atoms with van der Waals surface area (Å²) < 4.78 is 7.27. The summed E-state index contributed by atoms with van der Waals surface area (Å²) in [6.45, 7) is 4.01. The third-order valence-corrected chi connectivity index (χ3v) is 6.37. The molecule has 12 heteroatoms. The second kappa shape index (κ2) is 10.1. The van der Waals surface area contributed by atoms with Crippen LogP contribution < -0.4 is 16.4 Å². The van der Waals surface area contributed by atoms with Gasteiger partial charge in [0.15, 0.2) is 17.3 Å². The maximum absolute atomic E-state index is 12.4. The number of aryl methyl sites for hydroxylation is 1. The average Bonchev–Trinajstić information content (AvgIpc) is 3.27. The number of carbonyl (C=O) groups is 1. The Kier molecular flexibility index (Phi) is 6.68. The topological polar surface area (TPSA) is 136 Å². The quantitative estimate of drug-likeness (QED) is 0.345. The normalized spacial score (nSPS) is 14.2. The Morgan fingerprint density at radius 1 is 1.19 bits per heavy atom. The molecular weight excluding hydrogens is 482 g/mol. The minimum Gasteiger partial charge on any atom is -0.379 e. The van der Waals surface area contributed by atoms with Gasteiger partial charge in [-0.15, -0.1) is 0 Å². The number of benzene rings is 1. The van der Waals surface area contributed by atoms with Crippen LogP contribution in [0.5, 0.6) is 0 Å². The highest BCUT2D eigenvalue weighted by atomic mass is 35.5. The van der Waals surface area contributed by atoms with E-state index in [0.29, 0.717) is 33.3 Å². The fraction of sp³-hybridized carbons (Fsp3) is 0.292. The molecule has 36 heavy (non-hydrogen) atoms. The summed E-state index contributed by atoms with van der Waals surface area (Å²) >= 11 is 6.59. The van der Waals surface area contributed by atoms with Crippen LogP contribution in [0.2, 0.25) is 5.02 Å². The Labute approximate surface area is 212 Å². The van der Waals surface area contributed by atoms with E-state index >= 15 is 0 Å². The van der Waals surface area contributed by atoms with Gasteiger partial charge < -0.3 is 25.7 Å². The molecule has 0 aliphatic carbocycles. The highest BCUT2D eigenvalue weighted by molar-refractivity contribution is 6.33. The fourth-order valence-electron chi connectivity index (χ4n) is 4.18. The maximum atomic E-state index is 12.4. The minimum absolute atomic E-state index is 0.0228. The number of nitrogens with zero attached hydrogens (tertiary/aromatic N) is 6. The number of imidazole rings is 1. The lowest BCUT2D eigenvalue weighted by atomic mass is 10.1. The van der Waals surface area contributed by atoms with E-state index < -0.39 is 5.91 Å². The first-order chi connectivity index (χ1) is 17.4. The van der Waals surface area contributed by atoms with Gasteiger partial charge in [-0.05, 0) is 17.7 Å². The largest absolute Gasteiger partial charge is 0.379 e. The van der Waals surface area contributed by atoms with Crippen LogP contribution in [0, 0.1) is 0 Å². The van der Waals surface area contributed by atoms with Crippen molar-refractivity contribution in [2.75, 3.05) is 44.0 Å². The Bertz CT molecular complexity index is 1430. The van der Waals surface area contributed by atoms with Crippen LogP contribution in [0.3, 0.4) is 0 Å². The molecule has 186 valence electrons. The monoisotopic (exact) mass is 507 g/mol. The molecule has 3 aromatic heterocycles. The van der Waals surface area contributed by atoms with Crippen LogP contribution in [0.1, 0.15) is 16.1 Å². The molecule has 1 aliphatic heterocycles. The number of hydrogen-bond acceptors (Lipinski definition) is 9. The molecule has 4 heterocycles. The molecule has 0 radical (unpaired) electrons. The van der Waals surface area contributed by atoms with E-state index in [1.165, 1.54) is 0 Å². The van der Waals surface area contributed by atoms with E-state index in [1.54, 1.807) is 25.8 Å². The molecule has 0 bridgehead atoms. The number of fused-ring (bicyclic) bond motifs is 1. The summed E-state index contributed by atoms with van der Waals surface area (Å²) in [4.78, 5) is 32.7. The number of aromatic nitrogens is 5. The van der Waals surface area contributed by atoms with Crippen molar-refractivity contribution in [3.05, 3.63) is 53.2 Å². The Balaban J connectivity index is 1.49. The van der Waals surface area contributed by atoms with E-state index in [1.807, 2.05) is 29.8 Å². The SMILES string of the molecule is CNc1nc(Nc2ccc(CN3CCOCC3)cc2Cl)c(C(N)=O)nc1-c1cncc2c1ncn2C. The van der Waals surface area contributed by atoms with Gasteiger partial charge in [-0.25, -0.2) is 15.0 Å². The molecule has 1 amide bonds. The molecule has 0 spiro atoms. The van der Waals surface area contributed by atoms with Gasteiger partial charge in [0, 0.05) is 39.9 Å². The molecule has 1 aliphatic rings. The number of hydrogen-bond donors (Lipinski definition) is 3. The predicted octanol–water partition coefficient (Wildman–Crippen LogP) is 2.80. The number of ether oxygens (including phenoxy) is 1. The molecule has 0 unspecified atom stereocenters. The van der Waals surface area contributed by atoms with Crippen LogP contribution in [0.25, 0.3) is 22.3 Å². The summed E-state index contributed by atoms with van der Waals surface area (Å²) in [6, 6.07) is 5.75. The number of rotatable bonds is 7. The van der Waals surface area contributed by atoms with Gasteiger partial charge in [0.2, 0.25) is 0 Å². The smallest absolute Gasteiger partial charge is 0.271 e. The van der Waals surface area contributed by atoms with Crippen molar-refractivity contribution in [2.24, 2.45) is 12.8 Å². The second-order valence-electron chi connectivity index (χ2n) is 8.47. The highest BCUT2D eigenvalue weighted by Crippen LogP contribution is 2.33. The van der Waals surface area contributed by atoms with Gasteiger partial charge in [0.05, 0.1) is 47.5 Å². The zero-order valence-electron chi connectivity index (χ0n) is 20.0. The highest BCUT2D eigenvalue weighted by Gasteiger charge is 2.22. The molecule has 0 atom stereocenters. The first-order valence-electron chi connectivity index (χ1n) is 11.4. The van der Waals surface area contributed by atoms with Gasteiger partial charge in [-0.1, -0.05) is 17.7 Å². The summed E-state index contributed by atoms with van der Waals surface area (Å²) in [5, 5.41) is 6.68. The number of primary amides is 1. The van der Waals surface area contributed by atoms with E-state index in [2.05, 4.69) is 35.5 Å². The Hall–Kier alpha value is -3.80. The van der Waals surface area contributed by atoms with Crippen LogP contribution >= 0.6 is 11.6 Å². The van der Waals surface area contributed by atoms with Gasteiger partial charge in [0.1, 0.15) is 11.2 Å². The van der Waals surface area contributed by atoms with Crippen LogP contribution in [0.15, 0.2) is 36.9 Å². The molecule has 1 saturated heterocycles. The van der Waals surface area contributed by atoms with Crippen molar-refractivity contribution in [3.8, 4) is 11.3 Å². The van der Waals surface area contributed by atoms with Crippen molar-refractivity contribution >= 4 is 45.9 Å². The molecular formula is C24H26ClN9O2. The zero-order valence-corrected chi connectivity index (χ0v) is 20.7. The number of nitrogens with two attached hydrogens (primary N) is 1. The van der Waals surface area contributed by atoms with Crippen molar-refractivity contribution in [1.29, 1.82) is 0 Å². The van der Waals surface area contributed by atoms with Gasteiger partial charge in [-0.3, -0.25) is 14.7 Å². The molecule has 1 aromatic carbocycles. The van der Waals surface area contributed by atoms with Crippen molar-refractivity contribution in [1.82, 2.24) is 29.4 Å².